The summed E-state index contributed by atoms with van der Waals surface area (Å²) in [7, 11) is 0. The Balaban J connectivity index is 2.02. The van der Waals surface area contributed by atoms with Crippen molar-refractivity contribution in [2.24, 2.45) is 0 Å². The molecule has 116 valence electrons. The fourth-order valence-corrected chi connectivity index (χ4v) is 2.81. The van der Waals surface area contributed by atoms with Gasteiger partial charge in [0.05, 0.1) is 11.2 Å². The molecule has 4 nitrogen and oxygen atoms in total. The zero-order valence-corrected chi connectivity index (χ0v) is 13.4. The molecule has 2 rings (SSSR count). The minimum atomic E-state index is -0.548. The molecule has 0 bridgehead atoms. The summed E-state index contributed by atoms with van der Waals surface area (Å²) in [5.74, 6) is -0.895. The van der Waals surface area contributed by atoms with E-state index in [9.17, 15) is 9.18 Å². The molecule has 0 unspecified atom stereocenters. The quantitative estimate of drug-likeness (QED) is 0.933. The number of pyridine rings is 1. The number of halogens is 2. The number of aromatic nitrogens is 1. The first-order valence-corrected chi connectivity index (χ1v) is 7.56. The Morgan fingerprint density at radius 3 is 2.62 bits per heavy atom. The molecule has 1 saturated heterocycles. The average Bonchev–Trinajstić information content (AvgIpc) is 2.38. The van der Waals surface area contributed by atoms with Gasteiger partial charge in [0.25, 0.3) is 5.91 Å². The van der Waals surface area contributed by atoms with Gasteiger partial charge in [0, 0.05) is 24.7 Å². The number of piperidine rings is 1. The molecule has 0 aliphatic carbocycles. The van der Waals surface area contributed by atoms with Crippen LogP contribution in [-0.2, 0) is 0 Å². The summed E-state index contributed by atoms with van der Waals surface area (Å²) in [6.07, 6.45) is 2.75. The van der Waals surface area contributed by atoms with Gasteiger partial charge in [0.2, 0.25) is 0 Å². The minimum absolute atomic E-state index is 0.0377. The van der Waals surface area contributed by atoms with E-state index in [1.807, 2.05) is 6.92 Å². The van der Waals surface area contributed by atoms with Gasteiger partial charge >= 0.3 is 0 Å². The fourth-order valence-electron chi connectivity index (χ4n) is 2.57. The molecule has 0 aromatic carbocycles. The summed E-state index contributed by atoms with van der Waals surface area (Å²) < 4.78 is 13.0. The molecule has 1 aromatic heterocycles. The van der Waals surface area contributed by atoms with E-state index >= 15 is 0 Å². The predicted octanol–water partition coefficient (Wildman–Crippen LogP) is 2.87. The summed E-state index contributed by atoms with van der Waals surface area (Å²) in [6.45, 7) is 8.25. The molecule has 0 saturated carbocycles. The van der Waals surface area contributed by atoms with Crippen molar-refractivity contribution in [3.63, 3.8) is 0 Å². The molecule has 1 amide bonds. The standard InChI is InChI=1S/C15H21ClFN3O/c1-10(2)20-6-4-15(3,5-7-20)19-14(21)13-12(16)8-11(17)9-18-13/h8-10H,4-7H2,1-3H3,(H,19,21). The highest BCUT2D eigenvalue weighted by atomic mass is 35.5. The van der Waals surface area contributed by atoms with Crippen LogP contribution in [0.3, 0.4) is 0 Å². The van der Waals surface area contributed by atoms with Crippen LogP contribution in [-0.4, -0.2) is 40.5 Å². The van der Waals surface area contributed by atoms with Gasteiger partial charge in [-0.1, -0.05) is 11.6 Å². The van der Waals surface area contributed by atoms with Crippen LogP contribution in [0.2, 0.25) is 5.02 Å². The van der Waals surface area contributed by atoms with Crippen molar-refractivity contribution < 1.29 is 9.18 Å². The predicted molar refractivity (Wildman–Crippen MR) is 81.0 cm³/mol. The van der Waals surface area contributed by atoms with E-state index in [0.717, 1.165) is 38.2 Å². The molecule has 1 N–H and O–H groups in total. The van der Waals surface area contributed by atoms with Gasteiger partial charge in [-0.15, -0.1) is 0 Å². The zero-order valence-electron chi connectivity index (χ0n) is 12.6. The highest BCUT2D eigenvalue weighted by Gasteiger charge is 2.33. The summed E-state index contributed by atoms with van der Waals surface area (Å²) >= 11 is 5.88. The van der Waals surface area contributed by atoms with Gasteiger partial charge in [-0.25, -0.2) is 9.37 Å². The number of amides is 1. The number of likely N-dealkylation sites (tertiary alicyclic amines) is 1. The second-order valence-electron chi connectivity index (χ2n) is 6.13. The SMILES string of the molecule is CC(C)N1CCC(C)(NC(=O)c2ncc(F)cc2Cl)CC1. The largest absolute Gasteiger partial charge is 0.345 e. The lowest BCUT2D eigenvalue weighted by molar-refractivity contribution is 0.0797. The normalized spacial score (nSPS) is 18.8. The van der Waals surface area contributed by atoms with Crippen LogP contribution >= 0.6 is 11.6 Å². The number of nitrogens with zero attached hydrogens (tertiary/aromatic N) is 2. The summed E-state index contributed by atoms with van der Waals surface area (Å²) in [5.41, 5.74) is -0.201. The van der Waals surface area contributed by atoms with Crippen molar-refractivity contribution in [2.75, 3.05) is 13.1 Å². The van der Waals surface area contributed by atoms with Crippen LogP contribution in [0.1, 0.15) is 44.1 Å². The number of hydrogen-bond acceptors (Lipinski definition) is 3. The Hall–Kier alpha value is -1.20. The van der Waals surface area contributed by atoms with E-state index in [1.54, 1.807) is 0 Å². The third kappa shape index (κ3) is 3.92. The number of carbonyl (C=O) groups is 1. The third-order valence-corrected chi connectivity index (χ3v) is 4.36. The van der Waals surface area contributed by atoms with E-state index in [2.05, 4.69) is 29.0 Å². The summed E-state index contributed by atoms with van der Waals surface area (Å²) in [4.78, 5) is 18.4. The van der Waals surface area contributed by atoms with Crippen molar-refractivity contribution in [1.82, 2.24) is 15.2 Å². The Morgan fingerprint density at radius 2 is 2.10 bits per heavy atom. The molecule has 1 aliphatic heterocycles. The van der Waals surface area contributed by atoms with Crippen molar-refractivity contribution in [2.45, 2.75) is 45.2 Å². The number of carbonyl (C=O) groups excluding carboxylic acids is 1. The lowest BCUT2D eigenvalue weighted by Crippen LogP contribution is -2.54. The van der Waals surface area contributed by atoms with Crippen molar-refractivity contribution in [1.29, 1.82) is 0 Å². The van der Waals surface area contributed by atoms with Crippen LogP contribution in [0.25, 0.3) is 0 Å². The Labute approximate surface area is 129 Å². The van der Waals surface area contributed by atoms with Gasteiger partial charge < -0.3 is 10.2 Å². The summed E-state index contributed by atoms with van der Waals surface area (Å²) in [5, 5.41) is 3.03. The Bertz CT molecular complexity index is 528. The molecule has 2 heterocycles. The molecule has 21 heavy (non-hydrogen) atoms. The first-order valence-electron chi connectivity index (χ1n) is 7.18. The zero-order chi connectivity index (χ0) is 15.6. The monoisotopic (exact) mass is 313 g/mol. The maximum absolute atomic E-state index is 13.0. The minimum Gasteiger partial charge on any atom is -0.345 e. The van der Waals surface area contributed by atoms with E-state index < -0.39 is 5.82 Å². The second-order valence-corrected chi connectivity index (χ2v) is 6.54. The lowest BCUT2D eigenvalue weighted by Gasteiger charge is -2.41. The van der Waals surface area contributed by atoms with Crippen LogP contribution in [0.15, 0.2) is 12.3 Å². The molecule has 0 radical (unpaired) electrons. The number of hydrogen-bond donors (Lipinski definition) is 1. The van der Waals surface area contributed by atoms with Crippen LogP contribution in [0.5, 0.6) is 0 Å². The second kappa shape index (κ2) is 6.28. The topological polar surface area (TPSA) is 45.2 Å². The van der Waals surface area contributed by atoms with Gasteiger partial charge in [-0.2, -0.15) is 0 Å². The van der Waals surface area contributed by atoms with Gasteiger partial charge in [-0.05, 0) is 39.7 Å². The van der Waals surface area contributed by atoms with Crippen molar-refractivity contribution in [3.05, 3.63) is 28.8 Å². The maximum atomic E-state index is 13.0. The number of rotatable bonds is 3. The van der Waals surface area contributed by atoms with E-state index in [4.69, 9.17) is 11.6 Å². The van der Waals surface area contributed by atoms with E-state index in [-0.39, 0.29) is 22.2 Å². The first-order chi connectivity index (χ1) is 9.81. The molecule has 6 heteroatoms. The van der Waals surface area contributed by atoms with Crippen LogP contribution < -0.4 is 5.32 Å². The van der Waals surface area contributed by atoms with Gasteiger partial charge in [-0.3, -0.25) is 4.79 Å². The number of nitrogens with one attached hydrogen (secondary N) is 1. The molecule has 0 atom stereocenters. The Morgan fingerprint density at radius 1 is 1.48 bits per heavy atom. The van der Waals surface area contributed by atoms with E-state index in [0.29, 0.717) is 6.04 Å². The first kappa shape index (κ1) is 16.2. The lowest BCUT2D eigenvalue weighted by atomic mass is 9.89. The van der Waals surface area contributed by atoms with E-state index in [1.165, 1.54) is 0 Å². The smallest absolute Gasteiger partial charge is 0.271 e. The fraction of sp³-hybridized carbons (Fsp3) is 0.600. The highest BCUT2D eigenvalue weighted by Crippen LogP contribution is 2.24. The third-order valence-electron chi connectivity index (χ3n) is 4.07. The summed E-state index contributed by atoms with van der Waals surface area (Å²) in [6, 6.07) is 1.62. The van der Waals surface area contributed by atoms with Crippen molar-refractivity contribution >= 4 is 17.5 Å². The Kier molecular flexibility index (Phi) is 4.84. The van der Waals surface area contributed by atoms with Crippen molar-refractivity contribution in [3.8, 4) is 0 Å². The van der Waals surface area contributed by atoms with Gasteiger partial charge in [0.1, 0.15) is 11.5 Å². The molecule has 1 aliphatic rings. The maximum Gasteiger partial charge on any atom is 0.271 e. The average molecular weight is 314 g/mol. The van der Waals surface area contributed by atoms with Crippen LogP contribution in [0.4, 0.5) is 4.39 Å². The molecular weight excluding hydrogens is 293 g/mol. The van der Waals surface area contributed by atoms with Crippen LogP contribution in [0, 0.1) is 5.82 Å². The highest BCUT2D eigenvalue weighted by molar-refractivity contribution is 6.33. The molecule has 1 aromatic rings. The molecular formula is C15H21ClFN3O. The molecule has 0 spiro atoms. The molecule has 1 fully saturated rings. The van der Waals surface area contributed by atoms with Gasteiger partial charge in [0.15, 0.2) is 0 Å².